The number of esters is 1. The summed E-state index contributed by atoms with van der Waals surface area (Å²) in [6.07, 6.45) is 1.04. The molecule has 1 amide bonds. The van der Waals surface area contributed by atoms with Crippen LogP contribution < -0.4 is 0 Å². The van der Waals surface area contributed by atoms with Gasteiger partial charge in [-0.05, 0) is 29.8 Å². The molecule has 0 unspecified atom stereocenters. The van der Waals surface area contributed by atoms with Crippen LogP contribution in [0.4, 0.5) is 0 Å². The summed E-state index contributed by atoms with van der Waals surface area (Å²) in [7, 11) is 1.37. The van der Waals surface area contributed by atoms with Crippen LogP contribution in [0, 0.1) is 0 Å². The summed E-state index contributed by atoms with van der Waals surface area (Å²) in [5.74, 6) is -0.318. The Morgan fingerprint density at radius 2 is 2.04 bits per heavy atom. The van der Waals surface area contributed by atoms with Crippen LogP contribution in [-0.4, -0.2) is 35.4 Å². The smallest absolute Gasteiger partial charge is 0.337 e. The maximum absolute atomic E-state index is 12.8. The first kappa shape index (κ1) is 17.6. The summed E-state index contributed by atoms with van der Waals surface area (Å²) < 4.78 is 4.82. The molecule has 0 saturated heterocycles. The zero-order valence-electron chi connectivity index (χ0n) is 14.9. The fourth-order valence-corrected chi connectivity index (χ4v) is 3.79. The fourth-order valence-electron chi connectivity index (χ4n) is 3.59. The molecule has 0 bridgehead atoms. The Hall–Kier alpha value is -2.79. The number of aromatic nitrogens is 1. The number of nitrogens with zero attached hydrogens (tertiary/aromatic N) is 1. The summed E-state index contributed by atoms with van der Waals surface area (Å²) in [5.41, 5.74) is 4.49. The molecule has 1 aromatic heterocycles. The molecular weight excluding hydrogens is 364 g/mol. The van der Waals surface area contributed by atoms with Crippen LogP contribution in [0.3, 0.4) is 0 Å². The lowest BCUT2D eigenvalue weighted by atomic mass is 10.0. The predicted molar refractivity (Wildman–Crippen MR) is 104 cm³/mol. The van der Waals surface area contributed by atoms with Gasteiger partial charge in [0, 0.05) is 46.7 Å². The summed E-state index contributed by atoms with van der Waals surface area (Å²) in [6.45, 7) is 1.18. The zero-order valence-corrected chi connectivity index (χ0v) is 15.7. The van der Waals surface area contributed by atoms with Gasteiger partial charge in [0.15, 0.2) is 0 Å². The molecule has 3 aromatic rings. The van der Waals surface area contributed by atoms with E-state index in [1.54, 1.807) is 12.1 Å². The number of ether oxygens (including phenoxy) is 1. The molecule has 2 heterocycles. The molecule has 6 heteroatoms. The maximum Gasteiger partial charge on any atom is 0.337 e. The largest absolute Gasteiger partial charge is 0.465 e. The highest BCUT2D eigenvalue weighted by Gasteiger charge is 2.25. The Morgan fingerprint density at radius 1 is 1.22 bits per heavy atom. The van der Waals surface area contributed by atoms with Crippen molar-refractivity contribution in [3.63, 3.8) is 0 Å². The van der Waals surface area contributed by atoms with Crippen molar-refractivity contribution in [1.29, 1.82) is 0 Å². The van der Waals surface area contributed by atoms with Crippen molar-refractivity contribution < 1.29 is 14.3 Å². The minimum Gasteiger partial charge on any atom is -0.465 e. The van der Waals surface area contributed by atoms with E-state index in [9.17, 15) is 9.59 Å². The van der Waals surface area contributed by atoms with Crippen molar-refractivity contribution in [2.75, 3.05) is 13.7 Å². The molecule has 2 aromatic carbocycles. The molecule has 0 spiro atoms. The number of aromatic amines is 1. The van der Waals surface area contributed by atoms with Crippen molar-refractivity contribution >= 4 is 34.4 Å². The lowest BCUT2D eigenvalue weighted by molar-refractivity contribution is -0.131. The molecule has 1 aliphatic rings. The van der Waals surface area contributed by atoms with Crippen LogP contribution in [0.15, 0.2) is 42.5 Å². The standard InChI is InChI=1S/C21H19ClN2O3/c1-27-21(26)14-6-7-18-15(10-14)16-12-24(9-8-19(16)23-18)20(25)11-13-4-2-3-5-17(13)22/h2-7,10,23H,8-9,11-12H2,1H3. The number of methoxy groups -OCH3 is 1. The molecule has 1 N–H and O–H groups in total. The Morgan fingerprint density at radius 3 is 2.81 bits per heavy atom. The average molecular weight is 383 g/mol. The van der Waals surface area contributed by atoms with E-state index in [-0.39, 0.29) is 18.3 Å². The third-order valence-electron chi connectivity index (χ3n) is 5.05. The van der Waals surface area contributed by atoms with Crippen LogP contribution in [0.2, 0.25) is 5.02 Å². The number of halogens is 1. The zero-order chi connectivity index (χ0) is 19.0. The van der Waals surface area contributed by atoms with Gasteiger partial charge in [0.1, 0.15) is 0 Å². The van der Waals surface area contributed by atoms with Crippen LogP contribution in [0.5, 0.6) is 0 Å². The maximum atomic E-state index is 12.8. The molecule has 0 radical (unpaired) electrons. The van der Waals surface area contributed by atoms with Crippen molar-refractivity contribution in [3.8, 4) is 0 Å². The summed E-state index contributed by atoms with van der Waals surface area (Å²) in [6, 6.07) is 12.9. The van der Waals surface area contributed by atoms with Crippen molar-refractivity contribution in [1.82, 2.24) is 9.88 Å². The van der Waals surface area contributed by atoms with Crippen molar-refractivity contribution in [2.24, 2.45) is 0 Å². The van der Waals surface area contributed by atoms with Gasteiger partial charge in [-0.2, -0.15) is 0 Å². The quantitative estimate of drug-likeness (QED) is 0.702. The van der Waals surface area contributed by atoms with Gasteiger partial charge in [-0.25, -0.2) is 4.79 Å². The Balaban J connectivity index is 1.61. The minimum atomic E-state index is -0.366. The second-order valence-electron chi connectivity index (χ2n) is 6.67. The molecule has 0 aliphatic carbocycles. The van der Waals surface area contributed by atoms with Crippen LogP contribution >= 0.6 is 11.6 Å². The summed E-state index contributed by atoms with van der Waals surface area (Å²) >= 11 is 6.19. The number of amides is 1. The number of fused-ring (bicyclic) bond motifs is 3. The van der Waals surface area contributed by atoms with Gasteiger partial charge in [-0.3, -0.25) is 4.79 Å². The van der Waals surface area contributed by atoms with E-state index in [1.807, 2.05) is 35.2 Å². The Bertz CT molecular complexity index is 1040. The number of hydrogen-bond donors (Lipinski definition) is 1. The van der Waals surface area contributed by atoms with E-state index in [2.05, 4.69) is 4.98 Å². The van der Waals surface area contributed by atoms with Crippen LogP contribution in [0.25, 0.3) is 10.9 Å². The lowest BCUT2D eigenvalue weighted by Gasteiger charge is -2.27. The van der Waals surface area contributed by atoms with E-state index >= 15 is 0 Å². The Labute approximate surface area is 161 Å². The second-order valence-corrected chi connectivity index (χ2v) is 7.07. The van der Waals surface area contributed by atoms with E-state index in [1.165, 1.54) is 7.11 Å². The van der Waals surface area contributed by atoms with Crippen LogP contribution in [0.1, 0.15) is 27.2 Å². The van der Waals surface area contributed by atoms with E-state index in [0.29, 0.717) is 23.7 Å². The number of hydrogen-bond acceptors (Lipinski definition) is 3. The third kappa shape index (κ3) is 3.30. The SMILES string of the molecule is COC(=O)c1ccc2[nH]c3c(c2c1)CN(C(=O)Cc1ccccc1Cl)CC3. The Kier molecular flexibility index (Phi) is 4.62. The molecular formula is C21H19ClN2O3. The van der Waals surface area contributed by atoms with Gasteiger partial charge < -0.3 is 14.6 Å². The monoisotopic (exact) mass is 382 g/mol. The molecule has 0 saturated carbocycles. The van der Waals surface area contributed by atoms with Gasteiger partial charge >= 0.3 is 5.97 Å². The van der Waals surface area contributed by atoms with E-state index in [0.717, 1.165) is 34.1 Å². The number of nitrogens with one attached hydrogen (secondary N) is 1. The van der Waals surface area contributed by atoms with E-state index in [4.69, 9.17) is 16.3 Å². The molecule has 4 rings (SSSR count). The molecule has 138 valence electrons. The van der Waals surface area contributed by atoms with Gasteiger partial charge in [0.2, 0.25) is 5.91 Å². The van der Waals surface area contributed by atoms with Gasteiger partial charge in [-0.15, -0.1) is 0 Å². The molecule has 27 heavy (non-hydrogen) atoms. The predicted octanol–water partition coefficient (Wildman–Crippen LogP) is 3.74. The minimum absolute atomic E-state index is 0.0484. The number of H-pyrrole nitrogens is 1. The fraction of sp³-hybridized carbons (Fsp3) is 0.238. The molecule has 5 nitrogen and oxygen atoms in total. The lowest BCUT2D eigenvalue weighted by Crippen LogP contribution is -2.36. The summed E-state index contributed by atoms with van der Waals surface area (Å²) in [5, 5.41) is 1.57. The van der Waals surface area contributed by atoms with Gasteiger partial charge in [0.05, 0.1) is 19.1 Å². The first-order chi connectivity index (χ1) is 13.1. The van der Waals surface area contributed by atoms with Gasteiger partial charge in [-0.1, -0.05) is 29.8 Å². The first-order valence-electron chi connectivity index (χ1n) is 8.80. The highest BCUT2D eigenvalue weighted by Crippen LogP contribution is 2.29. The third-order valence-corrected chi connectivity index (χ3v) is 5.42. The number of rotatable bonds is 3. The van der Waals surface area contributed by atoms with Crippen molar-refractivity contribution in [2.45, 2.75) is 19.4 Å². The number of carbonyl (C=O) groups is 2. The highest BCUT2D eigenvalue weighted by molar-refractivity contribution is 6.31. The topological polar surface area (TPSA) is 62.4 Å². The molecule has 0 atom stereocenters. The van der Waals surface area contributed by atoms with Crippen molar-refractivity contribution in [3.05, 3.63) is 69.9 Å². The molecule has 0 fully saturated rings. The molecule has 1 aliphatic heterocycles. The normalized spacial score (nSPS) is 13.5. The number of benzene rings is 2. The first-order valence-corrected chi connectivity index (χ1v) is 9.17. The number of carbonyl (C=O) groups excluding carboxylic acids is 2. The average Bonchev–Trinajstić information content (AvgIpc) is 3.06. The van der Waals surface area contributed by atoms with Crippen LogP contribution in [-0.2, 0) is 28.9 Å². The second kappa shape index (κ2) is 7.08. The highest BCUT2D eigenvalue weighted by atomic mass is 35.5. The van der Waals surface area contributed by atoms with E-state index < -0.39 is 0 Å². The summed E-state index contributed by atoms with van der Waals surface area (Å²) in [4.78, 5) is 29.9. The van der Waals surface area contributed by atoms with Gasteiger partial charge in [0.25, 0.3) is 0 Å².